The molecule has 0 bridgehead atoms. The van der Waals surface area contributed by atoms with Crippen molar-refractivity contribution in [2.24, 2.45) is 5.92 Å². The van der Waals surface area contributed by atoms with Crippen molar-refractivity contribution in [3.8, 4) is 0 Å². The number of rotatable bonds is 5. The minimum atomic E-state index is 0.0227. The Bertz CT molecular complexity index is 474. The van der Waals surface area contributed by atoms with Crippen LogP contribution in [-0.4, -0.2) is 42.2 Å². The van der Waals surface area contributed by atoms with Crippen LogP contribution in [0.25, 0.3) is 0 Å². The van der Waals surface area contributed by atoms with Crippen LogP contribution in [0.1, 0.15) is 38.2 Å². The lowest BCUT2D eigenvalue weighted by atomic mass is 9.99. The van der Waals surface area contributed by atoms with Crippen molar-refractivity contribution < 1.29 is 9.90 Å². The van der Waals surface area contributed by atoms with E-state index in [2.05, 4.69) is 30.1 Å². The number of aliphatic hydroxyl groups excluding tert-OH is 1. The number of amides is 1. The number of piperidine rings is 1. The van der Waals surface area contributed by atoms with Crippen LogP contribution < -0.4 is 5.32 Å². The van der Waals surface area contributed by atoms with Crippen LogP contribution >= 0.6 is 0 Å². The minimum Gasteiger partial charge on any atom is -0.396 e. The lowest BCUT2D eigenvalue weighted by Gasteiger charge is -2.31. The monoisotopic (exact) mass is 290 g/mol. The maximum Gasteiger partial charge on any atom is 0.238 e. The molecule has 1 fully saturated rings. The molecule has 1 aromatic rings. The number of hydrogen-bond acceptors (Lipinski definition) is 3. The molecule has 0 saturated carbocycles. The number of carbonyl (C=O) groups excluding carboxylic acids is 1. The summed E-state index contributed by atoms with van der Waals surface area (Å²) in [5, 5.41) is 12.2. The Morgan fingerprint density at radius 3 is 3.00 bits per heavy atom. The lowest BCUT2D eigenvalue weighted by Crippen LogP contribution is -2.41. The molecular weight excluding hydrogens is 264 g/mol. The minimum absolute atomic E-state index is 0.0227. The van der Waals surface area contributed by atoms with Gasteiger partial charge in [0, 0.05) is 18.8 Å². The summed E-state index contributed by atoms with van der Waals surface area (Å²) >= 11 is 0. The largest absolute Gasteiger partial charge is 0.396 e. The van der Waals surface area contributed by atoms with E-state index in [1.165, 1.54) is 5.56 Å². The van der Waals surface area contributed by atoms with Gasteiger partial charge in [0.15, 0.2) is 0 Å². The number of hydrogen-bond donors (Lipinski definition) is 2. The summed E-state index contributed by atoms with van der Waals surface area (Å²) in [5.74, 6) is 0.791. The fourth-order valence-electron chi connectivity index (χ4n) is 2.82. The summed E-state index contributed by atoms with van der Waals surface area (Å²) in [4.78, 5) is 14.3. The molecule has 2 rings (SSSR count). The van der Waals surface area contributed by atoms with Gasteiger partial charge >= 0.3 is 0 Å². The van der Waals surface area contributed by atoms with E-state index in [9.17, 15) is 9.90 Å². The topological polar surface area (TPSA) is 52.6 Å². The van der Waals surface area contributed by atoms with Gasteiger partial charge in [-0.3, -0.25) is 9.69 Å². The highest BCUT2D eigenvalue weighted by molar-refractivity contribution is 5.92. The maximum atomic E-state index is 12.1. The Balaban J connectivity index is 1.88. The van der Waals surface area contributed by atoms with Crippen molar-refractivity contribution in [3.63, 3.8) is 0 Å². The first-order valence-electron chi connectivity index (χ1n) is 7.81. The third kappa shape index (κ3) is 4.83. The SMILES string of the molecule is CC(C)c1cccc(NC(=O)CN2CCCC(CO)C2)c1. The number of carbonyl (C=O) groups is 1. The highest BCUT2D eigenvalue weighted by atomic mass is 16.3. The first-order chi connectivity index (χ1) is 10.1. The zero-order chi connectivity index (χ0) is 15.2. The van der Waals surface area contributed by atoms with Crippen LogP contribution in [0.5, 0.6) is 0 Å². The molecule has 21 heavy (non-hydrogen) atoms. The molecule has 1 unspecified atom stereocenters. The van der Waals surface area contributed by atoms with Crippen LogP contribution in [0.15, 0.2) is 24.3 Å². The molecule has 1 heterocycles. The first-order valence-corrected chi connectivity index (χ1v) is 7.81. The van der Waals surface area contributed by atoms with Crippen molar-refractivity contribution in [2.75, 3.05) is 31.6 Å². The van der Waals surface area contributed by atoms with Crippen LogP contribution in [-0.2, 0) is 4.79 Å². The van der Waals surface area contributed by atoms with Gasteiger partial charge in [0.25, 0.3) is 0 Å². The van der Waals surface area contributed by atoms with Gasteiger partial charge in [-0.05, 0) is 48.9 Å². The Kier molecular flexibility index (Phi) is 5.76. The molecular formula is C17H26N2O2. The van der Waals surface area contributed by atoms with Crippen LogP contribution in [0.3, 0.4) is 0 Å². The molecule has 0 aliphatic carbocycles. The maximum absolute atomic E-state index is 12.1. The first kappa shape index (κ1) is 16.0. The number of nitrogens with zero attached hydrogens (tertiary/aromatic N) is 1. The molecule has 0 aromatic heterocycles. The van der Waals surface area contributed by atoms with Crippen LogP contribution in [0.4, 0.5) is 5.69 Å². The number of benzene rings is 1. The van der Waals surface area contributed by atoms with E-state index >= 15 is 0 Å². The van der Waals surface area contributed by atoms with Crippen molar-refractivity contribution in [1.29, 1.82) is 0 Å². The predicted octanol–water partition coefficient (Wildman–Crippen LogP) is 2.45. The molecule has 1 saturated heterocycles. The van der Waals surface area contributed by atoms with Gasteiger partial charge in [-0.1, -0.05) is 26.0 Å². The lowest BCUT2D eigenvalue weighted by molar-refractivity contribution is -0.117. The zero-order valence-electron chi connectivity index (χ0n) is 13.0. The van der Waals surface area contributed by atoms with Gasteiger partial charge < -0.3 is 10.4 Å². The molecule has 1 atom stereocenters. The smallest absolute Gasteiger partial charge is 0.238 e. The molecule has 4 heteroatoms. The van der Waals surface area contributed by atoms with Gasteiger partial charge in [-0.15, -0.1) is 0 Å². The highest BCUT2D eigenvalue weighted by Crippen LogP contribution is 2.19. The zero-order valence-corrected chi connectivity index (χ0v) is 13.0. The van der Waals surface area contributed by atoms with E-state index in [1.54, 1.807) is 0 Å². The normalized spacial score (nSPS) is 19.7. The highest BCUT2D eigenvalue weighted by Gasteiger charge is 2.20. The second kappa shape index (κ2) is 7.57. The van der Waals surface area contributed by atoms with Crippen LogP contribution in [0, 0.1) is 5.92 Å². The van der Waals surface area contributed by atoms with Gasteiger partial charge in [0.2, 0.25) is 5.91 Å². The molecule has 4 nitrogen and oxygen atoms in total. The van der Waals surface area contributed by atoms with E-state index in [4.69, 9.17) is 0 Å². The molecule has 1 amide bonds. The van der Waals surface area contributed by atoms with Gasteiger partial charge in [0.1, 0.15) is 0 Å². The van der Waals surface area contributed by atoms with E-state index in [-0.39, 0.29) is 12.5 Å². The molecule has 1 aliphatic rings. The van der Waals surface area contributed by atoms with Crippen LogP contribution in [0.2, 0.25) is 0 Å². The fourth-order valence-corrected chi connectivity index (χ4v) is 2.82. The van der Waals surface area contributed by atoms with Gasteiger partial charge in [-0.25, -0.2) is 0 Å². The average Bonchev–Trinajstić information content (AvgIpc) is 2.47. The summed E-state index contributed by atoms with van der Waals surface area (Å²) in [6, 6.07) is 8.02. The summed E-state index contributed by atoms with van der Waals surface area (Å²) in [5.41, 5.74) is 2.09. The fraction of sp³-hybridized carbons (Fsp3) is 0.588. The number of nitrogens with one attached hydrogen (secondary N) is 1. The Labute approximate surface area is 127 Å². The second-order valence-corrected chi connectivity index (χ2v) is 6.25. The van der Waals surface area contributed by atoms with E-state index < -0.39 is 0 Å². The number of anilines is 1. The Morgan fingerprint density at radius 1 is 1.48 bits per heavy atom. The van der Waals surface area contributed by atoms with Crippen molar-refractivity contribution in [1.82, 2.24) is 4.90 Å². The summed E-state index contributed by atoms with van der Waals surface area (Å²) in [6.45, 7) is 6.66. The summed E-state index contributed by atoms with van der Waals surface area (Å²) in [6.07, 6.45) is 2.12. The predicted molar refractivity (Wildman–Crippen MR) is 85.4 cm³/mol. The van der Waals surface area contributed by atoms with Gasteiger partial charge in [0.05, 0.1) is 6.54 Å². The Hall–Kier alpha value is -1.39. The average molecular weight is 290 g/mol. The van der Waals surface area contributed by atoms with Crippen molar-refractivity contribution in [3.05, 3.63) is 29.8 Å². The summed E-state index contributed by atoms with van der Waals surface area (Å²) in [7, 11) is 0. The molecule has 1 aromatic carbocycles. The molecule has 1 aliphatic heterocycles. The second-order valence-electron chi connectivity index (χ2n) is 6.25. The quantitative estimate of drug-likeness (QED) is 0.876. The molecule has 0 radical (unpaired) electrons. The van der Waals surface area contributed by atoms with Gasteiger partial charge in [-0.2, -0.15) is 0 Å². The van der Waals surface area contributed by atoms with E-state index in [0.29, 0.717) is 18.4 Å². The molecule has 2 N–H and O–H groups in total. The number of likely N-dealkylation sites (tertiary alicyclic amines) is 1. The Morgan fingerprint density at radius 2 is 2.29 bits per heavy atom. The molecule has 116 valence electrons. The third-order valence-corrected chi connectivity index (χ3v) is 4.07. The van der Waals surface area contributed by atoms with Crippen molar-refractivity contribution >= 4 is 11.6 Å². The van der Waals surface area contributed by atoms with E-state index in [0.717, 1.165) is 31.6 Å². The number of aliphatic hydroxyl groups is 1. The molecule has 0 spiro atoms. The third-order valence-electron chi connectivity index (χ3n) is 4.07. The summed E-state index contributed by atoms with van der Waals surface area (Å²) < 4.78 is 0. The standard InChI is InChI=1S/C17H26N2O2/c1-13(2)15-6-3-7-16(9-15)18-17(21)11-19-8-4-5-14(10-19)12-20/h3,6-7,9,13-14,20H,4-5,8,10-12H2,1-2H3,(H,18,21). The van der Waals surface area contributed by atoms with E-state index in [1.807, 2.05) is 18.2 Å². The van der Waals surface area contributed by atoms with Crippen molar-refractivity contribution in [2.45, 2.75) is 32.6 Å².